The molecule has 1 N–H and O–H groups in total. The van der Waals surface area contributed by atoms with Gasteiger partial charge in [0.05, 0.1) is 19.3 Å². The van der Waals surface area contributed by atoms with Crippen LogP contribution in [0.1, 0.15) is 24.2 Å². The predicted octanol–water partition coefficient (Wildman–Crippen LogP) is 2.88. The van der Waals surface area contributed by atoms with Crippen molar-refractivity contribution in [1.29, 1.82) is 5.26 Å². The number of rotatable bonds is 8. The van der Waals surface area contributed by atoms with Crippen molar-refractivity contribution in [2.24, 2.45) is 5.92 Å². The van der Waals surface area contributed by atoms with Crippen LogP contribution in [0.5, 0.6) is 0 Å². The fourth-order valence-electron chi connectivity index (χ4n) is 2.62. The lowest BCUT2D eigenvalue weighted by Gasteiger charge is -2.26. The quantitative estimate of drug-likeness (QED) is 0.455. The summed E-state index contributed by atoms with van der Waals surface area (Å²) in [6.45, 7) is 2.40. The lowest BCUT2D eigenvalue weighted by molar-refractivity contribution is -0.153. The van der Waals surface area contributed by atoms with Crippen LogP contribution in [0.2, 0.25) is 0 Å². The molecular formula is C20H22N2O3. The van der Waals surface area contributed by atoms with E-state index in [0.717, 1.165) is 5.56 Å². The molecule has 130 valence electrons. The van der Waals surface area contributed by atoms with E-state index in [4.69, 9.17) is 4.74 Å². The molecule has 2 rings (SSSR count). The summed E-state index contributed by atoms with van der Waals surface area (Å²) < 4.78 is 5.11. The molecule has 0 aromatic heterocycles. The minimum atomic E-state index is -1.04. The van der Waals surface area contributed by atoms with Crippen molar-refractivity contribution < 1.29 is 14.6 Å². The molecule has 0 saturated carbocycles. The number of nitrogens with zero attached hydrogens (tertiary/aromatic N) is 2. The summed E-state index contributed by atoms with van der Waals surface area (Å²) >= 11 is 0. The van der Waals surface area contributed by atoms with Gasteiger partial charge in [0.25, 0.3) is 0 Å². The topological polar surface area (TPSA) is 73.6 Å². The van der Waals surface area contributed by atoms with Crippen LogP contribution < -0.4 is 0 Å². The average Bonchev–Trinajstić information content (AvgIpc) is 2.66. The molecule has 0 heterocycles. The summed E-state index contributed by atoms with van der Waals surface area (Å²) in [5.74, 6) is -1.35. The van der Waals surface area contributed by atoms with Crippen molar-refractivity contribution in [2.45, 2.75) is 19.6 Å². The number of benzene rings is 2. The van der Waals surface area contributed by atoms with Gasteiger partial charge < -0.3 is 14.7 Å². The van der Waals surface area contributed by atoms with Crippen molar-refractivity contribution >= 4 is 5.97 Å². The third-order valence-corrected chi connectivity index (χ3v) is 3.89. The molecule has 5 nitrogen and oxygen atoms in total. The molecule has 0 spiro atoms. The standard InChI is InChI=1S/C20H22N2O3/c1-2-25-20(24)18(19(23)17-11-7-4-8-12-17)14-22(15-21)13-16-9-5-3-6-10-16/h3-12,18-19,23H,2,13-14H2,1H3. The van der Waals surface area contributed by atoms with Gasteiger partial charge in [0.2, 0.25) is 0 Å². The highest BCUT2D eigenvalue weighted by Gasteiger charge is 2.31. The zero-order valence-corrected chi connectivity index (χ0v) is 14.2. The maximum atomic E-state index is 12.3. The number of ether oxygens (including phenoxy) is 1. The molecule has 0 aliphatic heterocycles. The van der Waals surface area contributed by atoms with Gasteiger partial charge in [-0.2, -0.15) is 5.26 Å². The molecule has 2 aromatic rings. The molecule has 0 saturated heterocycles. The van der Waals surface area contributed by atoms with Crippen molar-refractivity contribution in [2.75, 3.05) is 13.2 Å². The number of nitriles is 1. The first kappa shape index (κ1) is 18.5. The monoisotopic (exact) mass is 338 g/mol. The Hall–Kier alpha value is -2.84. The van der Waals surface area contributed by atoms with Crippen LogP contribution in [0, 0.1) is 17.4 Å². The van der Waals surface area contributed by atoms with Crippen molar-refractivity contribution in [3.8, 4) is 6.19 Å². The number of hydrogen-bond acceptors (Lipinski definition) is 5. The molecule has 2 unspecified atom stereocenters. The van der Waals surface area contributed by atoms with Crippen LogP contribution in [0.3, 0.4) is 0 Å². The summed E-state index contributed by atoms with van der Waals surface area (Å²) in [5.41, 5.74) is 1.58. The molecule has 0 amide bonds. The second kappa shape index (κ2) is 9.45. The first-order chi connectivity index (χ1) is 12.2. The predicted molar refractivity (Wildman–Crippen MR) is 94.0 cm³/mol. The van der Waals surface area contributed by atoms with E-state index in [1.165, 1.54) is 4.90 Å². The van der Waals surface area contributed by atoms with Crippen LogP contribution in [-0.4, -0.2) is 29.1 Å². The molecule has 2 atom stereocenters. The van der Waals surface area contributed by atoms with E-state index < -0.39 is 18.0 Å². The Balaban J connectivity index is 2.17. The zero-order valence-electron chi connectivity index (χ0n) is 14.2. The summed E-state index contributed by atoms with van der Waals surface area (Å²) in [4.78, 5) is 13.8. The van der Waals surface area contributed by atoms with Crippen LogP contribution in [0.4, 0.5) is 0 Å². The molecule has 5 heteroatoms. The van der Waals surface area contributed by atoms with Gasteiger partial charge >= 0.3 is 5.97 Å². The van der Waals surface area contributed by atoms with Gasteiger partial charge in [-0.25, -0.2) is 0 Å². The van der Waals surface area contributed by atoms with Crippen molar-refractivity contribution in [3.63, 3.8) is 0 Å². The highest BCUT2D eigenvalue weighted by atomic mass is 16.5. The highest BCUT2D eigenvalue weighted by Crippen LogP contribution is 2.24. The SMILES string of the molecule is CCOC(=O)C(CN(C#N)Cc1ccccc1)C(O)c1ccccc1. The van der Waals surface area contributed by atoms with Crippen LogP contribution in [0.15, 0.2) is 60.7 Å². The maximum Gasteiger partial charge on any atom is 0.313 e. The van der Waals surface area contributed by atoms with E-state index in [1.54, 1.807) is 31.2 Å². The molecule has 0 bridgehead atoms. The van der Waals surface area contributed by atoms with Crippen LogP contribution in [-0.2, 0) is 16.1 Å². The maximum absolute atomic E-state index is 12.3. The van der Waals surface area contributed by atoms with E-state index in [1.807, 2.05) is 36.4 Å². The van der Waals surface area contributed by atoms with E-state index in [-0.39, 0.29) is 13.2 Å². The lowest BCUT2D eigenvalue weighted by Crippen LogP contribution is -2.35. The Morgan fingerprint density at radius 1 is 1.16 bits per heavy atom. The Kier molecular flexibility index (Phi) is 7.00. The molecule has 2 aromatic carbocycles. The normalized spacial score (nSPS) is 12.7. The summed E-state index contributed by atoms with van der Waals surface area (Å²) in [5, 5.41) is 20.1. The number of hydrogen-bond donors (Lipinski definition) is 1. The van der Waals surface area contributed by atoms with Crippen molar-refractivity contribution in [3.05, 3.63) is 71.8 Å². The summed E-state index contributed by atoms with van der Waals surface area (Å²) in [7, 11) is 0. The molecular weight excluding hydrogens is 316 g/mol. The third kappa shape index (κ3) is 5.33. The van der Waals surface area contributed by atoms with Crippen LogP contribution >= 0.6 is 0 Å². The minimum absolute atomic E-state index is 0.0836. The first-order valence-corrected chi connectivity index (χ1v) is 8.24. The second-order valence-corrected chi connectivity index (χ2v) is 5.68. The number of aliphatic hydroxyl groups is 1. The number of esters is 1. The average molecular weight is 338 g/mol. The van der Waals surface area contributed by atoms with E-state index >= 15 is 0 Å². The van der Waals surface area contributed by atoms with Gasteiger partial charge in [0.15, 0.2) is 6.19 Å². The van der Waals surface area contributed by atoms with Gasteiger partial charge in [-0.15, -0.1) is 0 Å². The number of carbonyl (C=O) groups excluding carboxylic acids is 1. The van der Waals surface area contributed by atoms with Gasteiger partial charge in [-0.05, 0) is 18.1 Å². The largest absolute Gasteiger partial charge is 0.466 e. The number of aliphatic hydroxyl groups excluding tert-OH is 1. The zero-order chi connectivity index (χ0) is 18.1. The van der Waals surface area contributed by atoms with E-state index in [9.17, 15) is 15.2 Å². The van der Waals surface area contributed by atoms with Crippen LogP contribution in [0.25, 0.3) is 0 Å². The van der Waals surface area contributed by atoms with Gasteiger partial charge in [-0.1, -0.05) is 60.7 Å². The van der Waals surface area contributed by atoms with Gasteiger partial charge in [-0.3, -0.25) is 4.79 Å². The van der Waals surface area contributed by atoms with E-state index in [2.05, 4.69) is 6.19 Å². The lowest BCUT2D eigenvalue weighted by atomic mass is 9.95. The number of carbonyl (C=O) groups is 1. The molecule has 0 aliphatic carbocycles. The Morgan fingerprint density at radius 3 is 2.32 bits per heavy atom. The Bertz CT molecular complexity index is 698. The molecule has 0 radical (unpaired) electrons. The van der Waals surface area contributed by atoms with Crippen molar-refractivity contribution in [1.82, 2.24) is 4.90 Å². The molecule has 25 heavy (non-hydrogen) atoms. The van der Waals surface area contributed by atoms with Gasteiger partial charge in [0.1, 0.15) is 5.92 Å². The molecule has 0 aliphatic rings. The highest BCUT2D eigenvalue weighted by molar-refractivity contribution is 5.73. The first-order valence-electron chi connectivity index (χ1n) is 8.24. The van der Waals surface area contributed by atoms with Gasteiger partial charge in [0, 0.05) is 6.54 Å². The fourth-order valence-corrected chi connectivity index (χ4v) is 2.62. The second-order valence-electron chi connectivity index (χ2n) is 5.68. The Morgan fingerprint density at radius 2 is 1.76 bits per heavy atom. The minimum Gasteiger partial charge on any atom is -0.466 e. The summed E-state index contributed by atoms with van der Waals surface area (Å²) in [6.07, 6.45) is 1.06. The van der Waals surface area contributed by atoms with E-state index in [0.29, 0.717) is 12.1 Å². The summed E-state index contributed by atoms with van der Waals surface area (Å²) in [6, 6.07) is 18.5. The fraction of sp³-hybridized carbons (Fsp3) is 0.300. The smallest absolute Gasteiger partial charge is 0.313 e. The Labute approximate surface area is 148 Å². The molecule has 0 fully saturated rings. The third-order valence-electron chi connectivity index (χ3n) is 3.89.